The lowest BCUT2D eigenvalue weighted by Crippen LogP contribution is -2.37. The number of carboxylic acids is 2. The Morgan fingerprint density at radius 1 is 0.482 bits per heavy atom. The zero-order chi connectivity index (χ0) is 40.6. The van der Waals surface area contributed by atoms with Crippen LogP contribution in [0.15, 0.2) is 107 Å². The van der Waals surface area contributed by atoms with Gasteiger partial charge in [-0.3, -0.25) is 0 Å². The molecule has 0 saturated carbocycles. The number of ether oxygens (including phenoxy) is 2. The Labute approximate surface area is 339 Å². The van der Waals surface area contributed by atoms with Crippen molar-refractivity contribution in [2.75, 3.05) is 13.2 Å². The first-order valence-electron chi connectivity index (χ1n) is 18.7. The molecule has 56 heavy (non-hydrogen) atoms. The number of carboxylic acid groups (broad SMARTS) is 2. The van der Waals surface area contributed by atoms with Crippen LogP contribution in [0.3, 0.4) is 0 Å². The van der Waals surface area contributed by atoms with Gasteiger partial charge in [-0.25, -0.2) is 9.59 Å². The third kappa shape index (κ3) is 13.9. The average molecular weight is 806 g/mol. The summed E-state index contributed by atoms with van der Waals surface area (Å²) in [5.41, 5.74) is 1.86. The van der Waals surface area contributed by atoms with Gasteiger partial charge in [0.05, 0.1) is 0 Å². The second-order valence-electron chi connectivity index (χ2n) is 14.3. The molecule has 4 aromatic rings. The number of oxime groups is 2. The van der Waals surface area contributed by atoms with Gasteiger partial charge in [-0.2, -0.15) is 0 Å². The van der Waals surface area contributed by atoms with Crippen molar-refractivity contribution in [3.05, 3.63) is 129 Å². The van der Waals surface area contributed by atoms with Crippen LogP contribution in [0.4, 0.5) is 0 Å². The lowest BCUT2D eigenvalue weighted by Gasteiger charge is -2.21. The van der Waals surface area contributed by atoms with E-state index in [0.29, 0.717) is 46.2 Å². The summed E-state index contributed by atoms with van der Waals surface area (Å²) < 4.78 is 11.3. The standard InChI is InChI=1S/C44H50Cl2N2O8/c1-43(2,41(49)50)55-37-25-17-33(18-26-37)39(31-13-21-35(45)22-14-31)47-53-29-11-9-7-5-6-8-10-12-30-54-48-40(32-15-23-36(46)24-16-32)34-19-27-38(28-20-34)56-44(3,4)42(51)52/h13-28H,5-12,29-30H2,1-4H3,(H,49,50)(H,51,52)/b47-39-,48-40-. The smallest absolute Gasteiger partial charge is 0.347 e. The van der Waals surface area contributed by atoms with E-state index in [-0.39, 0.29) is 0 Å². The van der Waals surface area contributed by atoms with Crippen molar-refractivity contribution >= 4 is 46.6 Å². The molecule has 10 nitrogen and oxygen atoms in total. The van der Waals surface area contributed by atoms with Crippen molar-refractivity contribution in [1.29, 1.82) is 0 Å². The molecule has 12 heteroatoms. The molecule has 0 radical (unpaired) electrons. The second kappa shape index (κ2) is 21.3. The van der Waals surface area contributed by atoms with E-state index < -0.39 is 23.1 Å². The third-order valence-corrected chi connectivity index (χ3v) is 9.30. The molecule has 0 bridgehead atoms. The maximum absolute atomic E-state index is 11.5. The normalized spacial score (nSPS) is 12.2. The van der Waals surface area contributed by atoms with Gasteiger partial charge >= 0.3 is 11.9 Å². The molecule has 0 aliphatic carbocycles. The summed E-state index contributed by atoms with van der Waals surface area (Å²) >= 11 is 12.2. The number of carbonyl (C=O) groups is 2. The fourth-order valence-electron chi connectivity index (χ4n) is 5.41. The van der Waals surface area contributed by atoms with E-state index in [4.69, 9.17) is 42.4 Å². The molecule has 0 aliphatic heterocycles. The molecule has 4 aromatic carbocycles. The molecule has 4 rings (SSSR count). The van der Waals surface area contributed by atoms with Crippen LogP contribution in [0.2, 0.25) is 10.0 Å². The van der Waals surface area contributed by atoms with Crippen LogP contribution >= 0.6 is 23.2 Å². The molecule has 0 amide bonds. The predicted molar refractivity (Wildman–Crippen MR) is 221 cm³/mol. The Hall–Kier alpha value is -5.06. The highest BCUT2D eigenvalue weighted by molar-refractivity contribution is 6.31. The summed E-state index contributed by atoms with van der Waals surface area (Å²) in [6.45, 7) is 6.99. The van der Waals surface area contributed by atoms with E-state index in [0.717, 1.165) is 73.6 Å². The van der Waals surface area contributed by atoms with Gasteiger partial charge in [0.15, 0.2) is 11.2 Å². The van der Waals surface area contributed by atoms with E-state index in [1.54, 1.807) is 48.5 Å². The quantitative estimate of drug-likeness (QED) is 0.0430. The summed E-state index contributed by atoms with van der Waals surface area (Å²) in [4.78, 5) is 34.4. The lowest BCUT2D eigenvalue weighted by molar-refractivity contribution is -0.152. The number of unbranched alkanes of at least 4 members (excludes halogenated alkanes) is 7. The van der Waals surface area contributed by atoms with Crippen molar-refractivity contribution in [2.24, 2.45) is 10.3 Å². The molecular formula is C44H50Cl2N2O8. The zero-order valence-electron chi connectivity index (χ0n) is 32.3. The first-order chi connectivity index (χ1) is 26.7. The summed E-state index contributed by atoms with van der Waals surface area (Å²) in [6, 6.07) is 28.9. The number of nitrogens with zero attached hydrogens (tertiary/aromatic N) is 2. The maximum atomic E-state index is 11.5. The number of hydrogen-bond acceptors (Lipinski definition) is 8. The summed E-state index contributed by atoms with van der Waals surface area (Å²) in [7, 11) is 0. The van der Waals surface area contributed by atoms with Gasteiger partial charge in [0.2, 0.25) is 0 Å². The van der Waals surface area contributed by atoms with Gasteiger partial charge in [-0.15, -0.1) is 0 Å². The van der Waals surface area contributed by atoms with Crippen LogP contribution in [0.5, 0.6) is 11.5 Å². The van der Waals surface area contributed by atoms with Crippen LogP contribution in [-0.2, 0) is 19.3 Å². The molecule has 0 unspecified atom stereocenters. The lowest BCUT2D eigenvalue weighted by atomic mass is 10.0. The number of rotatable bonds is 23. The van der Waals surface area contributed by atoms with Gasteiger partial charge in [-0.1, -0.05) is 83.5 Å². The van der Waals surface area contributed by atoms with E-state index >= 15 is 0 Å². The molecule has 0 spiro atoms. The Morgan fingerprint density at radius 2 is 0.750 bits per heavy atom. The molecule has 298 valence electrons. The second-order valence-corrected chi connectivity index (χ2v) is 15.1. The van der Waals surface area contributed by atoms with Crippen molar-refractivity contribution < 1.29 is 39.0 Å². The minimum absolute atomic E-state index is 0.441. The zero-order valence-corrected chi connectivity index (χ0v) is 33.8. The van der Waals surface area contributed by atoms with Crippen LogP contribution in [0.1, 0.15) is 101 Å². The van der Waals surface area contributed by atoms with Gasteiger partial charge in [-0.05, 0) is 126 Å². The first kappa shape index (κ1) is 43.7. The van der Waals surface area contributed by atoms with Gasteiger partial charge in [0.25, 0.3) is 0 Å². The SMILES string of the molecule is CC(C)(Oc1ccc(/C(=N\OCCCCCCCCCCO/N=C(/c2ccc(Cl)cc2)c2ccc(OC(C)(C)C(=O)O)cc2)c2ccc(Cl)cc2)cc1)C(=O)O. The molecule has 0 aliphatic rings. The predicted octanol–water partition coefficient (Wildman–Crippen LogP) is 10.8. The highest BCUT2D eigenvalue weighted by Gasteiger charge is 2.30. The first-order valence-corrected chi connectivity index (χ1v) is 19.5. The molecule has 0 aromatic heterocycles. The van der Waals surface area contributed by atoms with E-state index in [9.17, 15) is 19.8 Å². The van der Waals surface area contributed by atoms with E-state index in [1.807, 2.05) is 48.5 Å². The number of halogens is 2. The fraction of sp³-hybridized carbons (Fsp3) is 0.364. The van der Waals surface area contributed by atoms with Crippen LogP contribution in [-0.4, -0.2) is 58.0 Å². The van der Waals surface area contributed by atoms with Crippen molar-refractivity contribution in [3.63, 3.8) is 0 Å². The highest BCUT2D eigenvalue weighted by Crippen LogP contribution is 2.24. The van der Waals surface area contributed by atoms with E-state index in [2.05, 4.69) is 10.3 Å². The molecule has 2 N–H and O–H groups in total. The topological polar surface area (TPSA) is 136 Å². The van der Waals surface area contributed by atoms with Crippen molar-refractivity contribution in [2.45, 2.75) is 90.3 Å². The molecule has 0 fully saturated rings. The Balaban J connectivity index is 1.17. The van der Waals surface area contributed by atoms with Crippen molar-refractivity contribution in [3.8, 4) is 11.5 Å². The number of benzene rings is 4. The van der Waals surface area contributed by atoms with Gasteiger partial charge < -0.3 is 29.4 Å². The van der Waals surface area contributed by atoms with Crippen LogP contribution in [0.25, 0.3) is 0 Å². The minimum Gasteiger partial charge on any atom is -0.478 e. The number of hydrogen-bond donors (Lipinski definition) is 2. The van der Waals surface area contributed by atoms with Crippen LogP contribution in [0, 0.1) is 0 Å². The maximum Gasteiger partial charge on any atom is 0.347 e. The molecule has 0 atom stereocenters. The molecular weight excluding hydrogens is 755 g/mol. The largest absolute Gasteiger partial charge is 0.478 e. The van der Waals surface area contributed by atoms with Crippen molar-refractivity contribution in [1.82, 2.24) is 0 Å². The van der Waals surface area contributed by atoms with E-state index in [1.165, 1.54) is 27.7 Å². The molecule has 0 heterocycles. The fourth-order valence-corrected chi connectivity index (χ4v) is 5.66. The summed E-state index contributed by atoms with van der Waals surface area (Å²) in [5.74, 6) is -1.22. The summed E-state index contributed by atoms with van der Waals surface area (Å²) in [6.07, 6.45) is 8.31. The molecule has 0 saturated heterocycles. The monoisotopic (exact) mass is 804 g/mol. The van der Waals surface area contributed by atoms with Crippen LogP contribution < -0.4 is 9.47 Å². The Morgan fingerprint density at radius 3 is 1.04 bits per heavy atom. The minimum atomic E-state index is -1.35. The Bertz CT molecular complexity index is 1770. The average Bonchev–Trinajstić information content (AvgIpc) is 3.16. The third-order valence-electron chi connectivity index (χ3n) is 8.80. The highest BCUT2D eigenvalue weighted by atomic mass is 35.5. The summed E-state index contributed by atoms with van der Waals surface area (Å²) in [5, 5.41) is 28.9. The number of aliphatic carboxylic acids is 2. The van der Waals surface area contributed by atoms with Gasteiger partial charge in [0, 0.05) is 32.3 Å². The van der Waals surface area contributed by atoms with Gasteiger partial charge in [0.1, 0.15) is 36.1 Å². The Kier molecular flexibility index (Phi) is 16.6.